The molecule has 2 N–H and O–H groups in total. The van der Waals surface area contributed by atoms with Gasteiger partial charge in [-0.25, -0.2) is 4.98 Å². The number of nitrogens with one attached hydrogen (secondary N) is 1. The number of carbonyl (C=O) groups excluding carboxylic acids is 2. The predicted octanol–water partition coefficient (Wildman–Crippen LogP) is 1.81. The third-order valence-corrected chi connectivity index (χ3v) is 2.76. The fourth-order valence-electron chi connectivity index (χ4n) is 1.15. The van der Waals surface area contributed by atoms with E-state index in [9.17, 15) is 14.4 Å². The topological polar surface area (TPSA) is 96.4 Å². The molecule has 6 nitrogen and oxygen atoms in total. The minimum Gasteiger partial charge on any atom is -0.481 e. The average Bonchev–Trinajstić information content (AvgIpc) is 2.28. The lowest BCUT2D eigenvalue weighted by molar-refractivity contribution is -0.136. The zero-order valence-corrected chi connectivity index (χ0v) is 11.7. The number of aromatic nitrogens is 1. The molecule has 0 spiro atoms. The molecule has 1 amide bonds. The van der Waals surface area contributed by atoms with Gasteiger partial charge in [-0.05, 0) is 12.1 Å². The van der Waals surface area contributed by atoms with Gasteiger partial charge in [0.15, 0.2) is 0 Å². The standard InChI is InChI=1S/C11H12N2O4S.ClH/c1-7(14)13-10-8(3-2-5-12-10)11(17)18-6-4-9(15)16;/h2-3,5H,4,6H2,1H3,(H,15,16)(H,12,13,14);1H. The summed E-state index contributed by atoms with van der Waals surface area (Å²) < 4.78 is 0. The number of halogens is 1. The van der Waals surface area contributed by atoms with Crippen LogP contribution in [0.3, 0.4) is 0 Å². The number of aliphatic carboxylic acids is 1. The van der Waals surface area contributed by atoms with E-state index in [-0.39, 0.29) is 47.0 Å². The highest BCUT2D eigenvalue weighted by molar-refractivity contribution is 8.14. The molecular weight excluding hydrogens is 292 g/mol. The highest BCUT2D eigenvalue weighted by atomic mass is 35.5. The molecule has 1 aromatic heterocycles. The number of amides is 1. The SMILES string of the molecule is CC(=O)Nc1ncccc1C(=O)SCCC(=O)O.Cl. The van der Waals surface area contributed by atoms with Gasteiger partial charge in [0.2, 0.25) is 11.0 Å². The van der Waals surface area contributed by atoms with E-state index >= 15 is 0 Å². The molecule has 0 aliphatic rings. The molecule has 1 rings (SSSR count). The van der Waals surface area contributed by atoms with Gasteiger partial charge in [-0.2, -0.15) is 0 Å². The van der Waals surface area contributed by atoms with Crippen molar-refractivity contribution in [3.63, 3.8) is 0 Å². The van der Waals surface area contributed by atoms with Crippen molar-refractivity contribution in [2.75, 3.05) is 11.1 Å². The Morgan fingerprint density at radius 1 is 1.42 bits per heavy atom. The molecule has 19 heavy (non-hydrogen) atoms. The highest BCUT2D eigenvalue weighted by Crippen LogP contribution is 2.19. The number of hydrogen-bond acceptors (Lipinski definition) is 5. The number of carbonyl (C=O) groups is 3. The second kappa shape index (κ2) is 8.49. The van der Waals surface area contributed by atoms with Gasteiger partial charge < -0.3 is 10.4 Å². The van der Waals surface area contributed by atoms with Gasteiger partial charge in [-0.3, -0.25) is 14.4 Å². The number of carboxylic acid groups (broad SMARTS) is 1. The first kappa shape index (κ1) is 17.4. The van der Waals surface area contributed by atoms with Crippen LogP contribution in [0.4, 0.5) is 5.82 Å². The largest absolute Gasteiger partial charge is 0.481 e. The number of pyridine rings is 1. The maximum absolute atomic E-state index is 11.8. The number of hydrogen-bond donors (Lipinski definition) is 2. The number of thioether (sulfide) groups is 1. The number of anilines is 1. The van der Waals surface area contributed by atoms with Crippen LogP contribution in [0, 0.1) is 0 Å². The van der Waals surface area contributed by atoms with Gasteiger partial charge in [-0.15, -0.1) is 12.4 Å². The molecule has 104 valence electrons. The summed E-state index contributed by atoms with van der Waals surface area (Å²) in [4.78, 5) is 37.0. The lowest BCUT2D eigenvalue weighted by atomic mass is 10.3. The molecule has 0 aliphatic heterocycles. The minimum atomic E-state index is -0.955. The first-order valence-corrected chi connectivity index (χ1v) is 6.11. The lowest BCUT2D eigenvalue weighted by Gasteiger charge is -2.06. The van der Waals surface area contributed by atoms with Crippen LogP contribution in [0.1, 0.15) is 23.7 Å². The summed E-state index contributed by atoms with van der Waals surface area (Å²) in [6, 6.07) is 3.12. The van der Waals surface area contributed by atoms with E-state index in [4.69, 9.17) is 5.11 Å². The van der Waals surface area contributed by atoms with Crippen LogP contribution in [0.2, 0.25) is 0 Å². The molecule has 0 aromatic carbocycles. The van der Waals surface area contributed by atoms with Crippen LogP contribution in [0.5, 0.6) is 0 Å². The van der Waals surface area contributed by atoms with E-state index in [2.05, 4.69) is 10.3 Å². The second-order valence-electron chi connectivity index (χ2n) is 3.36. The van der Waals surface area contributed by atoms with Crippen LogP contribution in [0.25, 0.3) is 0 Å². The first-order chi connectivity index (χ1) is 8.50. The van der Waals surface area contributed by atoms with Crippen LogP contribution in [0.15, 0.2) is 18.3 Å². The summed E-state index contributed by atoms with van der Waals surface area (Å²) in [7, 11) is 0. The zero-order chi connectivity index (χ0) is 13.5. The van der Waals surface area contributed by atoms with Crippen molar-refractivity contribution in [3.8, 4) is 0 Å². The summed E-state index contributed by atoms with van der Waals surface area (Å²) in [5, 5.41) is 10.6. The molecule has 0 saturated heterocycles. The van der Waals surface area contributed by atoms with Crippen LogP contribution >= 0.6 is 24.2 Å². The maximum Gasteiger partial charge on any atom is 0.304 e. The van der Waals surface area contributed by atoms with E-state index in [1.807, 2.05) is 0 Å². The Kier molecular flexibility index (Phi) is 7.78. The summed E-state index contributed by atoms with van der Waals surface area (Å²) in [5.41, 5.74) is 0.267. The van der Waals surface area contributed by atoms with E-state index in [0.717, 1.165) is 11.8 Å². The fraction of sp³-hybridized carbons (Fsp3) is 0.273. The molecule has 0 aliphatic carbocycles. The van der Waals surface area contributed by atoms with E-state index < -0.39 is 5.97 Å². The normalized spacial score (nSPS) is 9.32. The predicted molar refractivity (Wildman–Crippen MR) is 74.8 cm³/mol. The van der Waals surface area contributed by atoms with E-state index in [1.165, 1.54) is 19.2 Å². The highest BCUT2D eigenvalue weighted by Gasteiger charge is 2.14. The zero-order valence-electron chi connectivity index (χ0n) is 10.1. The third-order valence-electron chi connectivity index (χ3n) is 1.87. The summed E-state index contributed by atoms with van der Waals surface area (Å²) >= 11 is 0.888. The van der Waals surface area contributed by atoms with Crippen molar-refractivity contribution in [1.82, 2.24) is 4.98 Å². The fourth-order valence-corrected chi connectivity index (χ4v) is 1.93. The van der Waals surface area contributed by atoms with Crippen molar-refractivity contribution in [2.45, 2.75) is 13.3 Å². The quantitative estimate of drug-likeness (QED) is 0.861. The van der Waals surface area contributed by atoms with Crippen molar-refractivity contribution in [3.05, 3.63) is 23.9 Å². The Labute approximate surface area is 120 Å². The Balaban J connectivity index is 0.00000324. The Morgan fingerprint density at radius 3 is 2.68 bits per heavy atom. The van der Waals surface area contributed by atoms with Crippen molar-refractivity contribution < 1.29 is 19.5 Å². The van der Waals surface area contributed by atoms with E-state index in [1.54, 1.807) is 6.07 Å². The van der Waals surface area contributed by atoms with Gasteiger partial charge in [0.1, 0.15) is 5.82 Å². The smallest absolute Gasteiger partial charge is 0.304 e. The molecule has 0 unspecified atom stereocenters. The lowest BCUT2D eigenvalue weighted by Crippen LogP contribution is -2.11. The van der Waals surface area contributed by atoms with Gasteiger partial charge in [0.25, 0.3) is 0 Å². The Bertz CT molecular complexity index is 482. The Hall–Kier alpha value is -1.60. The number of carboxylic acids is 1. The summed E-state index contributed by atoms with van der Waals surface area (Å²) in [6.45, 7) is 1.32. The number of nitrogens with zero attached hydrogens (tertiary/aromatic N) is 1. The molecule has 1 aromatic rings. The van der Waals surface area contributed by atoms with Crippen LogP contribution < -0.4 is 5.32 Å². The molecule has 0 saturated carbocycles. The van der Waals surface area contributed by atoms with Crippen molar-refractivity contribution in [2.24, 2.45) is 0 Å². The summed E-state index contributed by atoms with van der Waals surface area (Å²) in [5.74, 6) is -0.901. The van der Waals surface area contributed by atoms with Crippen molar-refractivity contribution >= 4 is 47.0 Å². The monoisotopic (exact) mass is 304 g/mol. The molecule has 0 atom stereocenters. The van der Waals surface area contributed by atoms with Gasteiger partial charge in [0.05, 0.1) is 12.0 Å². The minimum absolute atomic E-state index is 0. The van der Waals surface area contributed by atoms with Crippen LogP contribution in [-0.2, 0) is 9.59 Å². The summed E-state index contributed by atoms with van der Waals surface area (Å²) in [6.07, 6.45) is 1.37. The van der Waals surface area contributed by atoms with Gasteiger partial charge in [-0.1, -0.05) is 11.8 Å². The Morgan fingerprint density at radius 2 is 2.11 bits per heavy atom. The third kappa shape index (κ3) is 6.21. The molecule has 8 heteroatoms. The second-order valence-corrected chi connectivity index (χ2v) is 4.43. The molecule has 0 bridgehead atoms. The maximum atomic E-state index is 11.8. The van der Waals surface area contributed by atoms with Crippen LogP contribution in [-0.4, -0.2) is 32.8 Å². The molecule has 0 fully saturated rings. The van der Waals surface area contributed by atoms with Crippen molar-refractivity contribution in [1.29, 1.82) is 0 Å². The van der Waals surface area contributed by atoms with E-state index in [0.29, 0.717) is 0 Å². The average molecular weight is 305 g/mol. The molecular formula is C11H13ClN2O4S. The molecule has 0 radical (unpaired) electrons. The number of rotatable bonds is 5. The molecule has 1 heterocycles. The van der Waals surface area contributed by atoms with Gasteiger partial charge >= 0.3 is 5.97 Å². The van der Waals surface area contributed by atoms with Gasteiger partial charge in [0, 0.05) is 18.9 Å². The first-order valence-electron chi connectivity index (χ1n) is 5.12.